The molecule has 6 nitrogen and oxygen atoms in total. The molecular weight excluding hydrogens is 240 g/mol. The van der Waals surface area contributed by atoms with Gasteiger partial charge < -0.3 is 9.88 Å². The highest BCUT2D eigenvalue weighted by Gasteiger charge is 2.08. The summed E-state index contributed by atoms with van der Waals surface area (Å²) in [6.07, 6.45) is 6.69. The first-order valence-corrected chi connectivity index (χ1v) is 7.37. The predicted octanol–water partition coefficient (Wildman–Crippen LogP) is -0.198. The highest BCUT2D eigenvalue weighted by atomic mass is 32.2. The molecule has 0 aliphatic rings. The number of rotatable bonds is 9. The fraction of sp³-hybridized carbons (Fsp3) is 0.700. The van der Waals surface area contributed by atoms with Crippen molar-refractivity contribution < 1.29 is 8.42 Å². The number of nitrogens with zero attached hydrogens (tertiary/aromatic N) is 2. The second kappa shape index (κ2) is 7.41. The van der Waals surface area contributed by atoms with Crippen molar-refractivity contribution >= 4 is 10.0 Å². The summed E-state index contributed by atoms with van der Waals surface area (Å²) < 4.78 is 27.5. The van der Waals surface area contributed by atoms with Crippen molar-refractivity contribution in [1.82, 2.24) is 19.6 Å². The first-order chi connectivity index (χ1) is 8.14. The van der Waals surface area contributed by atoms with E-state index in [1.54, 1.807) is 12.5 Å². The van der Waals surface area contributed by atoms with Crippen molar-refractivity contribution in [1.29, 1.82) is 0 Å². The molecule has 0 fully saturated rings. The molecular formula is C10H20N4O2S. The van der Waals surface area contributed by atoms with Crippen LogP contribution in [0.5, 0.6) is 0 Å². The maximum Gasteiger partial charge on any atom is 0.211 e. The Kier molecular flexibility index (Phi) is 6.17. The van der Waals surface area contributed by atoms with Gasteiger partial charge in [-0.1, -0.05) is 0 Å². The number of aryl methyl sites for hydroxylation is 1. The molecule has 0 radical (unpaired) electrons. The first kappa shape index (κ1) is 14.1. The summed E-state index contributed by atoms with van der Waals surface area (Å²) in [6, 6.07) is 0. The van der Waals surface area contributed by atoms with Crippen molar-refractivity contribution in [2.75, 3.05) is 25.9 Å². The van der Waals surface area contributed by atoms with Gasteiger partial charge in [-0.3, -0.25) is 0 Å². The van der Waals surface area contributed by atoms with Crippen LogP contribution in [-0.2, 0) is 16.6 Å². The Labute approximate surface area is 102 Å². The van der Waals surface area contributed by atoms with Gasteiger partial charge in [-0.25, -0.2) is 18.1 Å². The monoisotopic (exact) mass is 260 g/mol. The average Bonchev–Trinajstić information content (AvgIpc) is 2.77. The molecule has 0 saturated heterocycles. The molecule has 0 atom stereocenters. The van der Waals surface area contributed by atoms with Crippen LogP contribution >= 0.6 is 0 Å². The van der Waals surface area contributed by atoms with Crippen molar-refractivity contribution in [3.63, 3.8) is 0 Å². The zero-order chi connectivity index (χ0) is 12.6. The second-order valence-corrected chi connectivity index (χ2v) is 5.75. The van der Waals surface area contributed by atoms with Gasteiger partial charge in [0.15, 0.2) is 0 Å². The molecule has 0 amide bonds. The topological polar surface area (TPSA) is 76.0 Å². The summed E-state index contributed by atoms with van der Waals surface area (Å²) in [7, 11) is -1.30. The Hall–Kier alpha value is -0.920. The van der Waals surface area contributed by atoms with Crippen LogP contribution in [0.4, 0.5) is 0 Å². The quantitative estimate of drug-likeness (QED) is 0.603. The van der Waals surface area contributed by atoms with Gasteiger partial charge >= 0.3 is 0 Å². The minimum Gasteiger partial charge on any atom is -0.337 e. The van der Waals surface area contributed by atoms with Gasteiger partial charge in [0.2, 0.25) is 10.0 Å². The number of imidazole rings is 1. The van der Waals surface area contributed by atoms with Crippen molar-refractivity contribution in [3.05, 3.63) is 18.7 Å². The Morgan fingerprint density at radius 2 is 2.12 bits per heavy atom. The summed E-state index contributed by atoms with van der Waals surface area (Å²) in [5.41, 5.74) is 0. The normalized spacial score (nSPS) is 11.8. The fourth-order valence-corrected chi connectivity index (χ4v) is 2.54. The minimum atomic E-state index is -3.11. The first-order valence-electron chi connectivity index (χ1n) is 5.72. The van der Waals surface area contributed by atoms with Gasteiger partial charge in [-0.15, -0.1) is 0 Å². The summed E-state index contributed by atoms with van der Waals surface area (Å²) in [5, 5.41) is 2.92. The van der Waals surface area contributed by atoms with E-state index in [4.69, 9.17) is 0 Å². The van der Waals surface area contributed by atoms with Gasteiger partial charge in [0.1, 0.15) is 0 Å². The SMILES string of the molecule is CNCCCS(=O)(=O)NCCCn1ccnc1. The van der Waals surface area contributed by atoms with Crippen LogP contribution in [0.25, 0.3) is 0 Å². The lowest BCUT2D eigenvalue weighted by atomic mass is 10.4. The van der Waals surface area contributed by atoms with Crippen LogP contribution in [0.15, 0.2) is 18.7 Å². The molecule has 0 spiro atoms. The van der Waals surface area contributed by atoms with E-state index in [2.05, 4.69) is 15.0 Å². The third kappa shape index (κ3) is 6.40. The number of sulfonamides is 1. The Bertz CT molecular complexity index is 388. The number of hydrogen-bond donors (Lipinski definition) is 2. The minimum absolute atomic E-state index is 0.179. The maximum atomic E-state index is 11.5. The maximum absolute atomic E-state index is 11.5. The van der Waals surface area contributed by atoms with Crippen LogP contribution in [0.3, 0.4) is 0 Å². The van der Waals surface area contributed by atoms with Crippen LogP contribution in [0.1, 0.15) is 12.8 Å². The van der Waals surface area contributed by atoms with Gasteiger partial charge in [0.25, 0.3) is 0 Å². The number of hydrogen-bond acceptors (Lipinski definition) is 4. The van der Waals surface area contributed by atoms with Crippen molar-refractivity contribution in [3.8, 4) is 0 Å². The molecule has 17 heavy (non-hydrogen) atoms. The van der Waals surface area contributed by atoms with Crippen molar-refractivity contribution in [2.24, 2.45) is 0 Å². The van der Waals surface area contributed by atoms with E-state index in [-0.39, 0.29) is 5.75 Å². The highest BCUT2D eigenvalue weighted by Crippen LogP contribution is 1.92. The fourth-order valence-electron chi connectivity index (χ4n) is 1.42. The zero-order valence-corrected chi connectivity index (χ0v) is 10.9. The largest absolute Gasteiger partial charge is 0.337 e. The van der Waals surface area contributed by atoms with Gasteiger partial charge in [-0.2, -0.15) is 0 Å². The van der Waals surface area contributed by atoms with E-state index in [0.717, 1.165) is 19.5 Å². The molecule has 1 aromatic rings. The van der Waals surface area contributed by atoms with Crippen molar-refractivity contribution in [2.45, 2.75) is 19.4 Å². The molecule has 0 aliphatic carbocycles. The summed E-state index contributed by atoms with van der Waals surface area (Å²) in [4.78, 5) is 3.92. The molecule has 0 saturated carbocycles. The molecule has 1 rings (SSSR count). The van der Waals surface area contributed by atoms with E-state index in [1.165, 1.54) is 0 Å². The second-order valence-electron chi connectivity index (χ2n) is 3.82. The van der Waals surface area contributed by atoms with Gasteiger partial charge in [0, 0.05) is 25.5 Å². The van der Waals surface area contributed by atoms with Crippen LogP contribution in [0.2, 0.25) is 0 Å². The standard InChI is InChI=1S/C10H20N4O2S/c1-11-4-3-9-17(15,16)13-5-2-7-14-8-6-12-10-14/h6,8,10-11,13H,2-5,7,9H2,1H3. The molecule has 98 valence electrons. The van der Waals surface area contributed by atoms with Crippen LogP contribution in [0, 0.1) is 0 Å². The predicted molar refractivity (Wildman–Crippen MR) is 67.2 cm³/mol. The third-order valence-corrected chi connectivity index (χ3v) is 3.78. The molecule has 0 aromatic carbocycles. The Balaban J connectivity index is 2.12. The molecule has 1 heterocycles. The van der Waals surface area contributed by atoms with E-state index < -0.39 is 10.0 Å². The molecule has 0 aliphatic heterocycles. The van der Waals surface area contributed by atoms with Crippen LogP contribution in [-0.4, -0.2) is 43.9 Å². The molecule has 2 N–H and O–H groups in total. The highest BCUT2D eigenvalue weighted by molar-refractivity contribution is 7.89. The lowest BCUT2D eigenvalue weighted by Gasteiger charge is -2.06. The Morgan fingerprint density at radius 1 is 1.29 bits per heavy atom. The smallest absolute Gasteiger partial charge is 0.211 e. The lowest BCUT2D eigenvalue weighted by molar-refractivity contribution is 0.566. The molecule has 0 bridgehead atoms. The molecule has 1 aromatic heterocycles. The molecule has 0 unspecified atom stereocenters. The third-order valence-electron chi connectivity index (χ3n) is 2.31. The zero-order valence-electron chi connectivity index (χ0n) is 10.1. The van der Waals surface area contributed by atoms with E-state index >= 15 is 0 Å². The summed E-state index contributed by atoms with van der Waals surface area (Å²) in [6.45, 7) is 1.97. The lowest BCUT2D eigenvalue weighted by Crippen LogP contribution is -2.29. The number of aromatic nitrogens is 2. The van der Waals surface area contributed by atoms with Crippen LogP contribution < -0.4 is 10.0 Å². The molecule has 7 heteroatoms. The van der Waals surface area contributed by atoms with E-state index in [1.807, 2.05) is 17.8 Å². The summed E-state index contributed by atoms with van der Waals surface area (Å²) >= 11 is 0. The van der Waals surface area contributed by atoms with Gasteiger partial charge in [0.05, 0.1) is 12.1 Å². The Morgan fingerprint density at radius 3 is 2.76 bits per heavy atom. The average molecular weight is 260 g/mol. The van der Waals surface area contributed by atoms with E-state index in [9.17, 15) is 8.42 Å². The van der Waals surface area contributed by atoms with Gasteiger partial charge in [-0.05, 0) is 26.4 Å². The number of nitrogens with one attached hydrogen (secondary N) is 2. The van der Waals surface area contributed by atoms with E-state index in [0.29, 0.717) is 13.0 Å². The summed E-state index contributed by atoms with van der Waals surface area (Å²) in [5.74, 6) is 0.179.